The lowest BCUT2D eigenvalue weighted by atomic mass is 9.99. The first-order valence-corrected chi connectivity index (χ1v) is 8.29. The van der Waals surface area contributed by atoms with Crippen LogP contribution in [0.3, 0.4) is 0 Å². The number of carbonyl (C=O) groups is 1. The Kier molecular flexibility index (Phi) is 3.78. The van der Waals surface area contributed by atoms with Crippen molar-refractivity contribution in [3.63, 3.8) is 0 Å². The fraction of sp³-hybridized carbons (Fsp3) is 0.263. The Morgan fingerprint density at radius 1 is 1.21 bits per heavy atom. The number of nitrogens with zero attached hydrogens (tertiary/aromatic N) is 1. The molecule has 5 heteroatoms. The number of rotatable bonds is 3. The molecule has 24 heavy (non-hydrogen) atoms. The van der Waals surface area contributed by atoms with Gasteiger partial charge in [-0.3, -0.25) is 9.89 Å². The minimum absolute atomic E-state index is 0.0903. The number of carbonyl (C=O) groups excluding carboxylic acids is 1. The fourth-order valence-electron chi connectivity index (χ4n) is 3.38. The molecule has 2 aromatic carbocycles. The Balaban J connectivity index is 1.60. The van der Waals surface area contributed by atoms with Crippen molar-refractivity contribution in [2.24, 2.45) is 0 Å². The summed E-state index contributed by atoms with van der Waals surface area (Å²) in [5.41, 5.74) is 3.67. The Bertz CT molecular complexity index is 894. The number of aromatic nitrogens is 2. The number of nitrogens with one attached hydrogen (secondary N) is 3. The van der Waals surface area contributed by atoms with Crippen LogP contribution < -0.4 is 10.6 Å². The van der Waals surface area contributed by atoms with Gasteiger partial charge >= 0.3 is 0 Å². The number of amides is 1. The molecule has 1 aliphatic rings. The molecule has 0 radical (unpaired) electrons. The van der Waals surface area contributed by atoms with Crippen molar-refractivity contribution in [1.29, 1.82) is 0 Å². The van der Waals surface area contributed by atoms with Gasteiger partial charge in [0.05, 0.1) is 6.04 Å². The van der Waals surface area contributed by atoms with E-state index in [-0.39, 0.29) is 11.9 Å². The highest BCUT2D eigenvalue weighted by Gasteiger charge is 2.23. The van der Waals surface area contributed by atoms with Crippen LogP contribution >= 0.6 is 0 Å². The van der Waals surface area contributed by atoms with Crippen molar-refractivity contribution >= 4 is 16.7 Å². The average Bonchev–Trinajstić information content (AvgIpc) is 3.05. The molecule has 3 aromatic rings. The molecule has 0 saturated carbocycles. The van der Waals surface area contributed by atoms with Gasteiger partial charge in [-0.15, -0.1) is 0 Å². The minimum Gasteiger partial charge on any atom is -0.344 e. The Morgan fingerprint density at radius 3 is 2.96 bits per heavy atom. The normalized spacial score (nSPS) is 15.0. The molecule has 1 unspecified atom stereocenters. The van der Waals surface area contributed by atoms with Crippen LogP contribution in [0.15, 0.2) is 42.5 Å². The van der Waals surface area contributed by atoms with Crippen molar-refractivity contribution in [3.8, 4) is 0 Å². The number of benzene rings is 2. The van der Waals surface area contributed by atoms with Crippen LogP contribution in [0.25, 0.3) is 10.8 Å². The van der Waals surface area contributed by atoms with Gasteiger partial charge in [-0.1, -0.05) is 42.5 Å². The molecule has 0 aliphatic carbocycles. The molecule has 0 bridgehead atoms. The molecule has 0 saturated heterocycles. The minimum atomic E-state index is -0.128. The van der Waals surface area contributed by atoms with Gasteiger partial charge in [0, 0.05) is 30.8 Å². The highest BCUT2D eigenvalue weighted by atomic mass is 16.2. The SMILES string of the molecule is CC(NC(=O)c1n[nH]c2c1CNCC2)c1cccc2ccccc12. The molecule has 3 N–H and O–H groups in total. The third-order valence-electron chi connectivity index (χ3n) is 4.66. The van der Waals surface area contributed by atoms with Crippen LogP contribution in [0.5, 0.6) is 0 Å². The van der Waals surface area contributed by atoms with E-state index in [0.717, 1.165) is 29.8 Å². The van der Waals surface area contributed by atoms with Crippen LogP contribution in [0.2, 0.25) is 0 Å². The van der Waals surface area contributed by atoms with Gasteiger partial charge in [-0.05, 0) is 23.3 Å². The quantitative estimate of drug-likeness (QED) is 0.695. The van der Waals surface area contributed by atoms with Gasteiger partial charge in [0.1, 0.15) is 0 Å². The predicted molar refractivity (Wildman–Crippen MR) is 93.8 cm³/mol. The molecule has 2 heterocycles. The van der Waals surface area contributed by atoms with E-state index in [1.165, 1.54) is 10.8 Å². The summed E-state index contributed by atoms with van der Waals surface area (Å²) in [6.07, 6.45) is 0.883. The van der Waals surface area contributed by atoms with Gasteiger partial charge < -0.3 is 10.6 Å². The summed E-state index contributed by atoms with van der Waals surface area (Å²) in [7, 11) is 0. The van der Waals surface area contributed by atoms with E-state index in [4.69, 9.17) is 0 Å². The Hall–Kier alpha value is -2.66. The molecule has 1 aliphatic heterocycles. The molecular formula is C19H20N4O. The molecule has 1 aromatic heterocycles. The third-order valence-corrected chi connectivity index (χ3v) is 4.66. The van der Waals surface area contributed by atoms with E-state index in [1.807, 2.05) is 25.1 Å². The first-order chi connectivity index (χ1) is 11.7. The summed E-state index contributed by atoms with van der Waals surface area (Å²) in [5, 5.41) is 16.0. The summed E-state index contributed by atoms with van der Waals surface area (Å²) < 4.78 is 0. The van der Waals surface area contributed by atoms with Crippen molar-refractivity contribution in [2.45, 2.75) is 25.9 Å². The van der Waals surface area contributed by atoms with Crippen molar-refractivity contribution in [2.75, 3.05) is 6.54 Å². The maximum atomic E-state index is 12.7. The molecule has 1 amide bonds. The zero-order valence-corrected chi connectivity index (χ0v) is 13.6. The number of aromatic amines is 1. The second-order valence-corrected chi connectivity index (χ2v) is 6.22. The number of H-pyrrole nitrogens is 1. The topological polar surface area (TPSA) is 69.8 Å². The second-order valence-electron chi connectivity index (χ2n) is 6.22. The van der Waals surface area contributed by atoms with Crippen LogP contribution in [0.4, 0.5) is 0 Å². The van der Waals surface area contributed by atoms with E-state index in [2.05, 4.69) is 45.1 Å². The summed E-state index contributed by atoms with van der Waals surface area (Å²) in [5.74, 6) is -0.128. The first-order valence-electron chi connectivity index (χ1n) is 8.29. The van der Waals surface area contributed by atoms with Crippen LogP contribution in [0.1, 0.15) is 40.3 Å². The van der Waals surface area contributed by atoms with Gasteiger partial charge in [0.25, 0.3) is 5.91 Å². The molecule has 5 nitrogen and oxygen atoms in total. The Labute approximate surface area is 140 Å². The van der Waals surface area contributed by atoms with E-state index in [1.54, 1.807) is 0 Å². The van der Waals surface area contributed by atoms with Gasteiger partial charge in [-0.2, -0.15) is 5.10 Å². The third kappa shape index (κ3) is 2.57. The standard InChI is InChI=1S/C19H20N4O/c1-12(14-8-4-6-13-5-2-3-7-15(13)14)21-19(24)18-16-11-20-10-9-17(16)22-23-18/h2-8,12,20H,9-11H2,1H3,(H,21,24)(H,22,23). The van der Waals surface area contributed by atoms with Crippen molar-refractivity contribution < 1.29 is 4.79 Å². The van der Waals surface area contributed by atoms with Crippen LogP contribution in [-0.4, -0.2) is 22.6 Å². The van der Waals surface area contributed by atoms with Crippen LogP contribution in [0, 0.1) is 0 Å². The highest BCUT2D eigenvalue weighted by molar-refractivity contribution is 5.95. The van der Waals surface area contributed by atoms with Gasteiger partial charge in [0.15, 0.2) is 5.69 Å². The predicted octanol–water partition coefficient (Wildman–Crippen LogP) is 2.70. The second kappa shape index (κ2) is 6.09. The Morgan fingerprint density at radius 2 is 2.04 bits per heavy atom. The lowest BCUT2D eigenvalue weighted by Crippen LogP contribution is -2.30. The largest absolute Gasteiger partial charge is 0.344 e. The smallest absolute Gasteiger partial charge is 0.272 e. The summed E-state index contributed by atoms with van der Waals surface area (Å²) in [6, 6.07) is 14.3. The molecule has 122 valence electrons. The zero-order chi connectivity index (χ0) is 16.5. The number of hydrogen-bond acceptors (Lipinski definition) is 3. The number of fused-ring (bicyclic) bond motifs is 2. The molecule has 0 spiro atoms. The van der Waals surface area contributed by atoms with Crippen molar-refractivity contribution in [1.82, 2.24) is 20.8 Å². The number of hydrogen-bond donors (Lipinski definition) is 3. The maximum absolute atomic E-state index is 12.7. The van der Waals surface area contributed by atoms with E-state index in [0.29, 0.717) is 12.2 Å². The first kappa shape index (κ1) is 14.9. The zero-order valence-electron chi connectivity index (χ0n) is 13.6. The van der Waals surface area contributed by atoms with Crippen LogP contribution in [-0.2, 0) is 13.0 Å². The monoisotopic (exact) mass is 320 g/mol. The summed E-state index contributed by atoms with van der Waals surface area (Å²) in [4.78, 5) is 12.7. The lowest BCUT2D eigenvalue weighted by molar-refractivity contribution is 0.0934. The highest BCUT2D eigenvalue weighted by Crippen LogP contribution is 2.24. The molecular weight excluding hydrogens is 300 g/mol. The van der Waals surface area contributed by atoms with E-state index in [9.17, 15) is 4.79 Å². The summed E-state index contributed by atoms with van der Waals surface area (Å²) in [6.45, 7) is 3.62. The molecule has 4 rings (SSSR count). The molecule has 1 atom stereocenters. The fourth-order valence-corrected chi connectivity index (χ4v) is 3.38. The molecule has 0 fully saturated rings. The average molecular weight is 320 g/mol. The van der Waals surface area contributed by atoms with Crippen molar-refractivity contribution in [3.05, 3.63) is 65.0 Å². The van der Waals surface area contributed by atoms with E-state index >= 15 is 0 Å². The maximum Gasteiger partial charge on any atom is 0.272 e. The summed E-state index contributed by atoms with van der Waals surface area (Å²) >= 11 is 0. The van der Waals surface area contributed by atoms with E-state index < -0.39 is 0 Å². The lowest BCUT2D eigenvalue weighted by Gasteiger charge is -2.17. The van der Waals surface area contributed by atoms with Gasteiger partial charge in [0.2, 0.25) is 0 Å². The van der Waals surface area contributed by atoms with Gasteiger partial charge in [-0.25, -0.2) is 0 Å².